The quantitative estimate of drug-likeness (QED) is 0.710. The summed E-state index contributed by atoms with van der Waals surface area (Å²) in [7, 11) is 0. The number of nitrogens with zero attached hydrogens (tertiary/aromatic N) is 2. The maximum Gasteiger partial charge on any atom is 0.231 e. The van der Waals surface area contributed by atoms with E-state index in [0.29, 0.717) is 23.1 Å². The van der Waals surface area contributed by atoms with Gasteiger partial charge in [-0.1, -0.05) is 17.7 Å². The van der Waals surface area contributed by atoms with Gasteiger partial charge < -0.3 is 14.2 Å². The number of fused-ring (bicyclic) bond motifs is 2. The lowest BCUT2D eigenvalue weighted by molar-refractivity contribution is 0.174. The van der Waals surface area contributed by atoms with Crippen LogP contribution in [-0.4, -0.2) is 23.0 Å². The molecule has 2 aliphatic heterocycles. The van der Waals surface area contributed by atoms with Crippen molar-refractivity contribution in [1.29, 1.82) is 0 Å². The van der Waals surface area contributed by atoms with Crippen LogP contribution in [0.3, 0.4) is 0 Å². The molecule has 0 fully saturated rings. The average molecular weight is 341 g/mol. The molecule has 2 aliphatic rings. The van der Waals surface area contributed by atoms with Crippen molar-refractivity contribution in [2.45, 2.75) is 6.42 Å². The number of rotatable bonds is 2. The highest BCUT2D eigenvalue weighted by Crippen LogP contribution is 2.41. The van der Waals surface area contributed by atoms with Crippen LogP contribution in [0, 0.1) is 0 Å². The normalized spacial score (nSPS) is 14.5. The number of imidazole rings is 1. The first-order chi connectivity index (χ1) is 11.8. The first-order valence-corrected chi connectivity index (χ1v) is 8.07. The van der Waals surface area contributed by atoms with Gasteiger partial charge in [0.05, 0.1) is 17.3 Å². The SMILES string of the molecule is Clc1cc2c(cc1-c1nccn1-c1cccc3c1CCO3)OCO2. The van der Waals surface area contributed by atoms with Gasteiger partial charge in [-0.2, -0.15) is 0 Å². The van der Waals surface area contributed by atoms with Crippen LogP contribution in [0.15, 0.2) is 42.7 Å². The minimum Gasteiger partial charge on any atom is -0.493 e. The van der Waals surface area contributed by atoms with Crippen LogP contribution < -0.4 is 14.2 Å². The largest absolute Gasteiger partial charge is 0.493 e. The van der Waals surface area contributed by atoms with E-state index in [1.807, 2.05) is 29.0 Å². The van der Waals surface area contributed by atoms with Crippen LogP contribution in [0.25, 0.3) is 17.1 Å². The van der Waals surface area contributed by atoms with E-state index in [4.69, 9.17) is 25.8 Å². The molecule has 0 saturated carbocycles. The van der Waals surface area contributed by atoms with E-state index in [9.17, 15) is 0 Å². The molecular formula is C18H13ClN2O3. The van der Waals surface area contributed by atoms with Gasteiger partial charge in [-0.3, -0.25) is 4.57 Å². The lowest BCUT2D eigenvalue weighted by atomic mass is 10.1. The van der Waals surface area contributed by atoms with E-state index in [2.05, 4.69) is 11.1 Å². The minimum absolute atomic E-state index is 0.215. The molecule has 0 bridgehead atoms. The second-order valence-electron chi connectivity index (χ2n) is 5.66. The molecule has 1 aromatic heterocycles. The molecule has 6 heteroatoms. The Morgan fingerprint density at radius 3 is 2.83 bits per heavy atom. The fraction of sp³-hybridized carbons (Fsp3) is 0.167. The van der Waals surface area contributed by atoms with Crippen LogP contribution in [0.5, 0.6) is 17.2 Å². The number of benzene rings is 2. The Hall–Kier alpha value is -2.66. The molecule has 5 rings (SSSR count). The Bertz CT molecular complexity index is 951. The van der Waals surface area contributed by atoms with E-state index in [1.165, 1.54) is 5.56 Å². The molecular weight excluding hydrogens is 328 g/mol. The molecule has 120 valence electrons. The van der Waals surface area contributed by atoms with Crippen LogP contribution in [0.2, 0.25) is 5.02 Å². The zero-order chi connectivity index (χ0) is 16.1. The van der Waals surface area contributed by atoms with Crippen molar-refractivity contribution in [1.82, 2.24) is 9.55 Å². The first-order valence-electron chi connectivity index (χ1n) is 7.69. The molecule has 0 saturated heterocycles. The number of halogens is 1. The predicted molar refractivity (Wildman–Crippen MR) is 89.3 cm³/mol. The van der Waals surface area contributed by atoms with E-state index in [-0.39, 0.29) is 6.79 Å². The molecule has 0 spiro atoms. The zero-order valence-corrected chi connectivity index (χ0v) is 13.4. The highest BCUT2D eigenvalue weighted by molar-refractivity contribution is 6.33. The van der Waals surface area contributed by atoms with Crippen molar-refractivity contribution < 1.29 is 14.2 Å². The highest BCUT2D eigenvalue weighted by atomic mass is 35.5. The molecule has 0 atom stereocenters. The number of aromatic nitrogens is 2. The lowest BCUT2D eigenvalue weighted by Crippen LogP contribution is -2.00. The summed E-state index contributed by atoms with van der Waals surface area (Å²) in [5.74, 6) is 3.05. The molecule has 5 nitrogen and oxygen atoms in total. The van der Waals surface area contributed by atoms with Gasteiger partial charge in [0.1, 0.15) is 11.6 Å². The Morgan fingerprint density at radius 2 is 1.92 bits per heavy atom. The van der Waals surface area contributed by atoms with Gasteiger partial charge in [-0.05, 0) is 18.2 Å². The molecule has 0 amide bonds. The summed E-state index contributed by atoms with van der Waals surface area (Å²) in [5.41, 5.74) is 3.06. The van der Waals surface area contributed by atoms with Gasteiger partial charge >= 0.3 is 0 Å². The Balaban J connectivity index is 1.69. The topological polar surface area (TPSA) is 45.5 Å². The van der Waals surface area contributed by atoms with Crippen molar-refractivity contribution in [2.24, 2.45) is 0 Å². The van der Waals surface area contributed by atoms with E-state index >= 15 is 0 Å². The number of hydrogen-bond donors (Lipinski definition) is 0. The third-order valence-electron chi connectivity index (χ3n) is 4.32. The second-order valence-corrected chi connectivity index (χ2v) is 6.07. The molecule has 24 heavy (non-hydrogen) atoms. The smallest absolute Gasteiger partial charge is 0.231 e. The summed E-state index contributed by atoms with van der Waals surface area (Å²) in [6.45, 7) is 0.925. The van der Waals surface area contributed by atoms with Gasteiger partial charge in [0, 0.05) is 36.0 Å². The van der Waals surface area contributed by atoms with Gasteiger partial charge in [0.15, 0.2) is 11.5 Å². The average Bonchev–Trinajstić information content (AvgIpc) is 3.32. The van der Waals surface area contributed by atoms with Gasteiger partial charge in [0.2, 0.25) is 6.79 Å². The van der Waals surface area contributed by atoms with Crippen molar-refractivity contribution in [3.63, 3.8) is 0 Å². The molecule has 0 radical (unpaired) electrons. The Labute approximate surface area is 143 Å². The predicted octanol–water partition coefficient (Wildman–Crippen LogP) is 3.86. The summed E-state index contributed by atoms with van der Waals surface area (Å²) >= 11 is 6.46. The van der Waals surface area contributed by atoms with Crippen LogP contribution in [0.4, 0.5) is 0 Å². The first kappa shape index (κ1) is 13.7. The van der Waals surface area contributed by atoms with Gasteiger partial charge in [0.25, 0.3) is 0 Å². The number of hydrogen-bond acceptors (Lipinski definition) is 4. The van der Waals surface area contributed by atoms with E-state index < -0.39 is 0 Å². The fourth-order valence-electron chi connectivity index (χ4n) is 3.21. The standard InChI is InChI=1S/C18H13ClN2O3/c19-13-9-17-16(23-10-24-17)8-12(13)18-20-5-6-21(18)14-2-1-3-15-11(14)4-7-22-15/h1-3,5-6,8-9H,4,7,10H2. The maximum atomic E-state index is 6.46. The molecule has 0 N–H and O–H groups in total. The summed E-state index contributed by atoms with van der Waals surface area (Å²) in [6, 6.07) is 9.71. The summed E-state index contributed by atoms with van der Waals surface area (Å²) < 4.78 is 18.6. The zero-order valence-electron chi connectivity index (χ0n) is 12.7. The van der Waals surface area contributed by atoms with Crippen molar-refractivity contribution >= 4 is 11.6 Å². The van der Waals surface area contributed by atoms with E-state index in [0.717, 1.165) is 29.2 Å². The summed E-state index contributed by atoms with van der Waals surface area (Å²) in [5, 5.41) is 0.579. The third kappa shape index (κ3) is 1.98. The molecule has 3 aromatic rings. The monoisotopic (exact) mass is 340 g/mol. The Kier molecular flexibility index (Phi) is 2.97. The van der Waals surface area contributed by atoms with E-state index in [1.54, 1.807) is 12.3 Å². The lowest BCUT2D eigenvalue weighted by Gasteiger charge is -2.13. The second kappa shape index (κ2) is 5.18. The van der Waals surface area contributed by atoms with Crippen LogP contribution >= 0.6 is 11.6 Å². The van der Waals surface area contributed by atoms with Crippen LogP contribution in [0.1, 0.15) is 5.56 Å². The highest BCUT2D eigenvalue weighted by Gasteiger charge is 2.22. The summed E-state index contributed by atoms with van der Waals surface area (Å²) in [6.07, 6.45) is 4.59. The fourth-order valence-corrected chi connectivity index (χ4v) is 3.45. The van der Waals surface area contributed by atoms with Crippen LogP contribution in [-0.2, 0) is 6.42 Å². The van der Waals surface area contributed by atoms with Crippen molar-refractivity contribution in [3.8, 4) is 34.3 Å². The minimum atomic E-state index is 0.215. The van der Waals surface area contributed by atoms with Crippen molar-refractivity contribution in [3.05, 3.63) is 53.3 Å². The Morgan fingerprint density at radius 1 is 1.04 bits per heavy atom. The maximum absolute atomic E-state index is 6.46. The molecule has 0 aliphatic carbocycles. The molecule has 2 aromatic carbocycles. The van der Waals surface area contributed by atoms with Gasteiger partial charge in [-0.15, -0.1) is 0 Å². The third-order valence-corrected chi connectivity index (χ3v) is 4.63. The molecule has 0 unspecified atom stereocenters. The number of ether oxygens (including phenoxy) is 3. The molecule has 3 heterocycles. The summed E-state index contributed by atoms with van der Waals surface area (Å²) in [4.78, 5) is 4.52. The van der Waals surface area contributed by atoms with Gasteiger partial charge in [-0.25, -0.2) is 4.98 Å². The van der Waals surface area contributed by atoms with Crippen molar-refractivity contribution in [2.75, 3.05) is 13.4 Å².